The van der Waals surface area contributed by atoms with Crippen molar-refractivity contribution in [2.75, 3.05) is 12.0 Å². The predicted molar refractivity (Wildman–Crippen MR) is 57.9 cm³/mol. The first kappa shape index (κ1) is 13.0. The Kier molecular flexibility index (Phi) is 3.10. The minimum atomic E-state index is -3.85. The maximum atomic E-state index is 11.3. The van der Waals surface area contributed by atoms with Gasteiger partial charge in [-0.25, -0.2) is 18.0 Å². The minimum Gasteiger partial charge on any atom is -0.478 e. The highest BCUT2D eigenvalue weighted by atomic mass is 32.2. The summed E-state index contributed by atoms with van der Waals surface area (Å²) >= 11 is 0. The Morgan fingerprint density at radius 3 is 1.94 bits per heavy atom. The molecule has 0 saturated heterocycles. The van der Waals surface area contributed by atoms with Gasteiger partial charge < -0.3 is 15.9 Å². The number of anilines is 1. The average Bonchev–Trinajstić information content (AvgIpc) is 2.14. The van der Waals surface area contributed by atoms with Gasteiger partial charge in [0.05, 0.1) is 16.0 Å². The molecule has 0 radical (unpaired) electrons. The van der Waals surface area contributed by atoms with Crippen LogP contribution in [0.3, 0.4) is 0 Å². The van der Waals surface area contributed by atoms with Crippen LogP contribution in [-0.2, 0) is 9.84 Å². The summed E-state index contributed by atoms with van der Waals surface area (Å²) in [5.41, 5.74) is 3.49. The molecule has 0 amide bonds. The van der Waals surface area contributed by atoms with E-state index in [-0.39, 0.29) is 5.69 Å². The quantitative estimate of drug-likeness (QED) is 0.653. The second-order valence-corrected chi connectivity index (χ2v) is 5.27. The van der Waals surface area contributed by atoms with E-state index in [2.05, 4.69) is 0 Å². The Labute approximate surface area is 96.4 Å². The largest absolute Gasteiger partial charge is 0.478 e. The number of nitrogen functional groups attached to an aromatic ring is 1. The molecule has 4 N–H and O–H groups in total. The lowest BCUT2D eigenvalue weighted by atomic mass is 10.1. The first-order chi connectivity index (χ1) is 7.66. The number of carboxylic acids is 2. The van der Waals surface area contributed by atoms with Gasteiger partial charge >= 0.3 is 11.9 Å². The zero-order chi connectivity index (χ0) is 13.4. The highest BCUT2D eigenvalue weighted by molar-refractivity contribution is 7.90. The summed E-state index contributed by atoms with van der Waals surface area (Å²) in [7, 11) is -3.85. The van der Waals surface area contributed by atoms with Crippen molar-refractivity contribution in [2.24, 2.45) is 0 Å². The van der Waals surface area contributed by atoms with E-state index in [1.807, 2.05) is 0 Å². The smallest absolute Gasteiger partial charge is 0.338 e. The van der Waals surface area contributed by atoms with Crippen molar-refractivity contribution in [3.05, 3.63) is 23.3 Å². The van der Waals surface area contributed by atoms with Crippen molar-refractivity contribution in [3.63, 3.8) is 0 Å². The average molecular weight is 259 g/mol. The normalized spacial score (nSPS) is 11.1. The van der Waals surface area contributed by atoms with E-state index in [9.17, 15) is 18.0 Å². The second-order valence-electron chi connectivity index (χ2n) is 3.29. The molecule has 1 aromatic carbocycles. The molecule has 7 nitrogen and oxygen atoms in total. The van der Waals surface area contributed by atoms with Gasteiger partial charge in [0.2, 0.25) is 0 Å². The lowest BCUT2D eigenvalue weighted by Crippen LogP contribution is -2.16. The van der Waals surface area contributed by atoms with E-state index in [1.165, 1.54) is 0 Å². The molecule has 0 aromatic heterocycles. The number of rotatable bonds is 3. The molecule has 0 heterocycles. The highest BCUT2D eigenvalue weighted by Crippen LogP contribution is 2.25. The molecule has 0 fully saturated rings. The molecule has 0 saturated carbocycles. The molecule has 0 unspecified atom stereocenters. The lowest BCUT2D eigenvalue weighted by molar-refractivity contribution is 0.0649. The molecule has 92 valence electrons. The van der Waals surface area contributed by atoms with Crippen LogP contribution in [0.15, 0.2) is 17.0 Å². The number of hydrogen-bond donors (Lipinski definition) is 3. The first-order valence-corrected chi connectivity index (χ1v) is 6.14. The van der Waals surface area contributed by atoms with Crippen molar-refractivity contribution in [3.8, 4) is 0 Å². The molecule has 17 heavy (non-hydrogen) atoms. The molecule has 0 spiro atoms. The van der Waals surface area contributed by atoms with Crippen LogP contribution in [0.1, 0.15) is 20.7 Å². The van der Waals surface area contributed by atoms with Crippen LogP contribution in [0.2, 0.25) is 0 Å². The van der Waals surface area contributed by atoms with E-state index < -0.39 is 37.8 Å². The molecule has 0 aliphatic heterocycles. The molecule has 0 bridgehead atoms. The Morgan fingerprint density at radius 2 is 1.59 bits per heavy atom. The molecule has 1 aromatic rings. The monoisotopic (exact) mass is 259 g/mol. The van der Waals surface area contributed by atoms with Crippen molar-refractivity contribution >= 4 is 27.5 Å². The van der Waals surface area contributed by atoms with Gasteiger partial charge in [0.25, 0.3) is 0 Å². The molecule has 1 rings (SSSR count). The fourth-order valence-corrected chi connectivity index (χ4v) is 2.23. The first-order valence-electron chi connectivity index (χ1n) is 4.25. The number of carboxylic acid groups (broad SMARTS) is 2. The summed E-state index contributed by atoms with van der Waals surface area (Å²) in [6.07, 6.45) is 0.788. The minimum absolute atomic E-state index is 0.303. The van der Waals surface area contributed by atoms with Crippen LogP contribution >= 0.6 is 0 Å². The summed E-state index contributed by atoms with van der Waals surface area (Å²) in [4.78, 5) is 21.3. The molecular formula is C9H9NO6S. The van der Waals surface area contributed by atoms with E-state index in [4.69, 9.17) is 15.9 Å². The van der Waals surface area contributed by atoms with Crippen LogP contribution in [0.4, 0.5) is 5.69 Å². The van der Waals surface area contributed by atoms with Gasteiger partial charge in [-0.05, 0) is 12.1 Å². The van der Waals surface area contributed by atoms with E-state index in [0.29, 0.717) is 0 Å². The van der Waals surface area contributed by atoms with Crippen LogP contribution in [0.5, 0.6) is 0 Å². The highest BCUT2D eigenvalue weighted by Gasteiger charge is 2.27. The standard InChI is InChI=1S/C9H9NO6S/c1-17(15,16)5-3-2-4(10)6(8(11)12)7(5)9(13)14/h2-3H,10H2,1H3,(H,11,12)(H,13,14). The number of hydrogen-bond acceptors (Lipinski definition) is 5. The zero-order valence-electron chi connectivity index (χ0n) is 8.67. The predicted octanol–water partition coefficient (Wildman–Crippen LogP) is 0.0687. The van der Waals surface area contributed by atoms with Gasteiger partial charge in [-0.1, -0.05) is 0 Å². The summed E-state index contributed by atoms with van der Waals surface area (Å²) in [6.45, 7) is 0. The van der Waals surface area contributed by atoms with E-state index >= 15 is 0 Å². The molecule has 0 aliphatic rings. The fourth-order valence-electron chi connectivity index (χ4n) is 1.35. The van der Waals surface area contributed by atoms with Crippen LogP contribution in [-0.4, -0.2) is 36.8 Å². The summed E-state index contributed by atoms with van der Waals surface area (Å²) in [6, 6.07) is 2.02. The number of nitrogens with two attached hydrogens (primary N) is 1. The number of carbonyl (C=O) groups is 2. The molecular weight excluding hydrogens is 250 g/mol. The van der Waals surface area contributed by atoms with Crippen LogP contribution < -0.4 is 5.73 Å². The van der Waals surface area contributed by atoms with Gasteiger partial charge in [0, 0.05) is 11.9 Å². The van der Waals surface area contributed by atoms with Gasteiger partial charge in [0.1, 0.15) is 0 Å². The Bertz CT molecular complexity index is 604. The Morgan fingerprint density at radius 1 is 1.12 bits per heavy atom. The number of benzene rings is 1. The topological polar surface area (TPSA) is 135 Å². The third-order valence-corrected chi connectivity index (χ3v) is 3.17. The van der Waals surface area contributed by atoms with Crippen LogP contribution in [0.25, 0.3) is 0 Å². The van der Waals surface area contributed by atoms with Gasteiger partial charge in [0.15, 0.2) is 9.84 Å². The molecule has 8 heteroatoms. The summed E-state index contributed by atoms with van der Waals surface area (Å²) in [5.74, 6) is -3.25. The zero-order valence-corrected chi connectivity index (χ0v) is 9.48. The Hall–Kier alpha value is -2.09. The maximum Gasteiger partial charge on any atom is 0.338 e. The van der Waals surface area contributed by atoms with Gasteiger partial charge in [-0.15, -0.1) is 0 Å². The number of sulfone groups is 1. The number of aromatic carboxylic acids is 2. The SMILES string of the molecule is CS(=O)(=O)c1ccc(N)c(C(=O)O)c1C(=O)O. The van der Waals surface area contributed by atoms with Crippen molar-refractivity contribution in [1.29, 1.82) is 0 Å². The van der Waals surface area contributed by atoms with E-state index in [0.717, 1.165) is 18.4 Å². The van der Waals surface area contributed by atoms with Gasteiger partial charge in [-0.3, -0.25) is 0 Å². The Balaban J connectivity index is 3.85. The fraction of sp³-hybridized carbons (Fsp3) is 0.111. The molecule has 0 atom stereocenters. The lowest BCUT2D eigenvalue weighted by Gasteiger charge is -2.09. The maximum absolute atomic E-state index is 11.3. The summed E-state index contributed by atoms with van der Waals surface area (Å²) in [5, 5.41) is 17.7. The second kappa shape index (κ2) is 4.06. The molecule has 0 aliphatic carbocycles. The van der Waals surface area contributed by atoms with Crippen molar-refractivity contribution < 1.29 is 28.2 Å². The van der Waals surface area contributed by atoms with Gasteiger partial charge in [-0.2, -0.15) is 0 Å². The van der Waals surface area contributed by atoms with Crippen molar-refractivity contribution in [2.45, 2.75) is 4.90 Å². The van der Waals surface area contributed by atoms with Crippen LogP contribution in [0, 0.1) is 0 Å². The third-order valence-electron chi connectivity index (χ3n) is 2.03. The summed E-state index contributed by atoms with van der Waals surface area (Å²) < 4.78 is 22.7. The van der Waals surface area contributed by atoms with Crippen molar-refractivity contribution in [1.82, 2.24) is 0 Å². The third kappa shape index (κ3) is 2.36. The van der Waals surface area contributed by atoms with E-state index in [1.54, 1.807) is 0 Å².